The Morgan fingerprint density at radius 1 is 0.906 bits per heavy atom. The molecule has 0 aromatic heterocycles. The van der Waals surface area contributed by atoms with Crippen LogP contribution < -0.4 is 19.1 Å². The van der Waals surface area contributed by atoms with Crippen LogP contribution in [0, 0.1) is 0 Å². The van der Waals surface area contributed by atoms with Gasteiger partial charge < -0.3 is 14.2 Å². The van der Waals surface area contributed by atoms with Crippen molar-refractivity contribution in [3.8, 4) is 17.2 Å². The summed E-state index contributed by atoms with van der Waals surface area (Å²) in [5.41, 5.74) is 1.46. The Hall–Kier alpha value is -3.26. The fourth-order valence-corrected chi connectivity index (χ4v) is 4.05. The summed E-state index contributed by atoms with van der Waals surface area (Å²) in [6, 6.07) is 12.3. The number of methoxy groups -OCH3 is 2. The molecule has 2 aromatic carbocycles. The van der Waals surface area contributed by atoms with Crippen molar-refractivity contribution >= 4 is 17.6 Å². The van der Waals surface area contributed by atoms with Crippen molar-refractivity contribution in [3.63, 3.8) is 0 Å². The molecule has 0 radical (unpaired) electrons. The van der Waals surface area contributed by atoms with Crippen LogP contribution in [-0.2, 0) is 11.3 Å². The molecule has 0 atom stereocenters. The van der Waals surface area contributed by atoms with E-state index in [1.807, 2.05) is 24.3 Å². The summed E-state index contributed by atoms with van der Waals surface area (Å²) in [6.45, 7) is 3.91. The molecule has 2 fully saturated rings. The lowest BCUT2D eigenvalue weighted by molar-refractivity contribution is -0.125. The third-order valence-corrected chi connectivity index (χ3v) is 5.88. The number of urea groups is 1. The van der Waals surface area contributed by atoms with Crippen LogP contribution in [0.1, 0.15) is 18.4 Å². The van der Waals surface area contributed by atoms with E-state index in [4.69, 9.17) is 14.2 Å². The molecule has 2 aliphatic heterocycles. The van der Waals surface area contributed by atoms with Gasteiger partial charge in [0.05, 0.1) is 20.8 Å². The second-order valence-corrected chi connectivity index (χ2v) is 7.93. The van der Waals surface area contributed by atoms with E-state index in [2.05, 4.69) is 4.90 Å². The first-order valence-corrected chi connectivity index (χ1v) is 10.9. The van der Waals surface area contributed by atoms with Gasteiger partial charge in [0.1, 0.15) is 18.9 Å². The van der Waals surface area contributed by atoms with Crippen LogP contribution in [0.3, 0.4) is 0 Å². The number of carbonyl (C=O) groups excluding carboxylic acids is 2. The second kappa shape index (κ2) is 9.91. The van der Waals surface area contributed by atoms with Gasteiger partial charge in [-0.15, -0.1) is 0 Å². The third kappa shape index (κ3) is 4.80. The van der Waals surface area contributed by atoms with Gasteiger partial charge in [0.15, 0.2) is 11.5 Å². The van der Waals surface area contributed by atoms with Gasteiger partial charge >= 0.3 is 6.03 Å². The van der Waals surface area contributed by atoms with E-state index in [1.54, 1.807) is 32.4 Å². The SMILES string of the molecule is COc1ccc(CN2C(=O)CN(c3ccc(OCCN4CCCC4)c(OC)c3)C2=O)cc1. The highest BCUT2D eigenvalue weighted by Crippen LogP contribution is 2.33. The number of hydrogen-bond acceptors (Lipinski definition) is 6. The van der Waals surface area contributed by atoms with Gasteiger partial charge in [-0.1, -0.05) is 12.1 Å². The van der Waals surface area contributed by atoms with Crippen molar-refractivity contribution in [2.75, 3.05) is 51.9 Å². The molecule has 8 nitrogen and oxygen atoms in total. The molecule has 170 valence electrons. The molecule has 32 heavy (non-hydrogen) atoms. The Balaban J connectivity index is 1.41. The Kier molecular flexibility index (Phi) is 6.80. The predicted octanol–water partition coefficient (Wildman–Crippen LogP) is 3.15. The highest BCUT2D eigenvalue weighted by atomic mass is 16.5. The number of rotatable bonds is 9. The number of nitrogens with zero attached hydrogens (tertiary/aromatic N) is 3. The van der Waals surface area contributed by atoms with Crippen molar-refractivity contribution in [1.82, 2.24) is 9.80 Å². The molecular formula is C24H29N3O5. The van der Waals surface area contributed by atoms with Crippen LogP contribution in [0.15, 0.2) is 42.5 Å². The van der Waals surface area contributed by atoms with Gasteiger partial charge in [0.2, 0.25) is 0 Å². The first-order chi connectivity index (χ1) is 15.6. The van der Waals surface area contributed by atoms with E-state index in [9.17, 15) is 9.59 Å². The van der Waals surface area contributed by atoms with Gasteiger partial charge in [-0.3, -0.25) is 19.5 Å². The van der Waals surface area contributed by atoms with Crippen molar-refractivity contribution in [2.24, 2.45) is 0 Å². The maximum absolute atomic E-state index is 13.0. The number of benzene rings is 2. The lowest BCUT2D eigenvalue weighted by Crippen LogP contribution is -2.32. The van der Waals surface area contributed by atoms with E-state index in [0.717, 1.165) is 30.9 Å². The summed E-state index contributed by atoms with van der Waals surface area (Å²) in [5, 5.41) is 0. The van der Waals surface area contributed by atoms with E-state index in [1.165, 1.54) is 22.6 Å². The first-order valence-electron chi connectivity index (χ1n) is 10.9. The topological polar surface area (TPSA) is 71.6 Å². The van der Waals surface area contributed by atoms with Gasteiger partial charge in [-0.25, -0.2) is 4.79 Å². The lowest BCUT2D eigenvalue weighted by atomic mass is 10.2. The largest absolute Gasteiger partial charge is 0.497 e. The number of likely N-dealkylation sites (tertiary alicyclic amines) is 1. The number of anilines is 1. The van der Waals surface area contributed by atoms with Gasteiger partial charge in [-0.05, 0) is 55.8 Å². The molecule has 2 saturated heterocycles. The fourth-order valence-electron chi connectivity index (χ4n) is 4.05. The van der Waals surface area contributed by atoms with Gasteiger partial charge in [0.25, 0.3) is 5.91 Å². The number of ether oxygens (including phenoxy) is 3. The van der Waals surface area contributed by atoms with Gasteiger partial charge in [0, 0.05) is 18.3 Å². The molecule has 2 heterocycles. The Bertz CT molecular complexity index is 957. The maximum Gasteiger partial charge on any atom is 0.332 e. The monoisotopic (exact) mass is 439 g/mol. The molecule has 0 unspecified atom stereocenters. The molecule has 2 aromatic rings. The summed E-state index contributed by atoms with van der Waals surface area (Å²) < 4.78 is 16.6. The Morgan fingerprint density at radius 3 is 2.34 bits per heavy atom. The molecule has 0 spiro atoms. The predicted molar refractivity (Wildman–Crippen MR) is 120 cm³/mol. The first kappa shape index (κ1) is 22.0. The highest BCUT2D eigenvalue weighted by Gasteiger charge is 2.37. The number of carbonyl (C=O) groups is 2. The molecule has 2 aliphatic rings. The van der Waals surface area contributed by atoms with Crippen LogP contribution in [-0.4, -0.2) is 68.7 Å². The fraction of sp³-hybridized carbons (Fsp3) is 0.417. The zero-order chi connectivity index (χ0) is 22.5. The Labute approximate surface area is 188 Å². The summed E-state index contributed by atoms with van der Waals surface area (Å²) in [6.07, 6.45) is 2.49. The molecule has 0 N–H and O–H groups in total. The Morgan fingerprint density at radius 2 is 1.66 bits per heavy atom. The summed E-state index contributed by atoms with van der Waals surface area (Å²) in [7, 11) is 3.16. The number of amides is 3. The quantitative estimate of drug-likeness (QED) is 0.559. The maximum atomic E-state index is 13.0. The highest BCUT2D eigenvalue weighted by molar-refractivity contribution is 6.12. The standard InChI is InChI=1S/C24H29N3O5/c1-30-20-8-5-18(6-9-20)16-27-23(28)17-26(24(27)29)19-7-10-21(22(15-19)31-2)32-14-13-25-11-3-4-12-25/h5-10,15H,3-4,11-14,16-17H2,1-2H3. The summed E-state index contributed by atoms with van der Waals surface area (Å²) >= 11 is 0. The smallest absolute Gasteiger partial charge is 0.332 e. The molecule has 0 saturated carbocycles. The van der Waals surface area contributed by atoms with E-state index in [0.29, 0.717) is 23.8 Å². The van der Waals surface area contributed by atoms with Crippen molar-refractivity contribution in [3.05, 3.63) is 48.0 Å². The summed E-state index contributed by atoms with van der Waals surface area (Å²) in [4.78, 5) is 30.6. The number of hydrogen-bond donors (Lipinski definition) is 0. The minimum absolute atomic E-state index is 0.00664. The minimum atomic E-state index is -0.351. The van der Waals surface area contributed by atoms with E-state index < -0.39 is 0 Å². The van der Waals surface area contributed by atoms with Crippen molar-refractivity contribution in [1.29, 1.82) is 0 Å². The average Bonchev–Trinajstić information content (AvgIpc) is 3.43. The minimum Gasteiger partial charge on any atom is -0.497 e. The molecule has 0 aliphatic carbocycles. The van der Waals surface area contributed by atoms with Crippen molar-refractivity contribution in [2.45, 2.75) is 19.4 Å². The average molecular weight is 440 g/mol. The molecule has 8 heteroatoms. The second-order valence-electron chi connectivity index (χ2n) is 7.93. The number of imide groups is 1. The van der Waals surface area contributed by atoms with Crippen LogP contribution >= 0.6 is 0 Å². The molecular weight excluding hydrogens is 410 g/mol. The van der Waals surface area contributed by atoms with Crippen LogP contribution in [0.2, 0.25) is 0 Å². The zero-order valence-electron chi connectivity index (χ0n) is 18.6. The third-order valence-electron chi connectivity index (χ3n) is 5.88. The van der Waals surface area contributed by atoms with Crippen LogP contribution in [0.5, 0.6) is 17.2 Å². The summed E-state index contributed by atoms with van der Waals surface area (Å²) in [5.74, 6) is 1.65. The van der Waals surface area contributed by atoms with E-state index in [-0.39, 0.29) is 25.0 Å². The van der Waals surface area contributed by atoms with E-state index >= 15 is 0 Å². The molecule has 0 bridgehead atoms. The zero-order valence-corrected chi connectivity index (χ0v) is 18.6. The van der Waals surface area contributed by atoms with Crippen LogP contribution in [0.25, 0.3) is 0 Å². The lowest BCUT2D eigenvalue weighted by Gasteiger charge is -2.20. The van der Waals surface area contributed by atoms with Gasteiger partial charge in [-0.2, -0.15) is 0 Å². The molecule has 3 amide bonds. The van der Waals surface area contributed by atoms with Crippen LogP contribution in [0.4, 0.5) is 10.5 Å². The van der Waals surface area contributed by atoms with Crippen molar-refractivity contribution < 1.29 is 23.8 Å². The normalized spacial score (nSPS) is 16.7. The molecule has 4 rings (SSSR count).